The van der Waals surface area contributed by atoms with Gasteiger partial charge in [0.25, 0.3) is 0 Å². The molecule has 0 bridgehead atoms. The van der Waals surface area contributed by atoms with Gasteiger partial charge in [-0.25, -0.2) is 13.1 Å². The van der Waals surface area contributed by atoms with E-state index in [4.69, 9.17) is 0 Å². The number of fused-ring (bicyclic) bond motifs is 1. The monoisotopic (exact) mass is 428 g/mol. The number of amides is 1. The molecule has 1 heterocycles. The molecule has 160 valence electrons. The van der Waals surface area contributed by atoms with Crippen molar-refractivity contribution < 1.29 is 18.1 Å². The van der Waals surface area contributed by atoms with Gasteiger partial charge in [-0.3, -0.25) is 4.79 Å². The van der Waals surface area contributed by atoms with E-state index in [9.17, 15) is 13.2 Å². The van der Waals surface area contributed by atoms with Crippen molar-refractivity contribution in [1.29, 1.82) is 0 Å². The molecule has 0 spiro atoms. The van der Waals surface area contributed by atoms with Gasteiger partial charge in [0.1, 0.15) is 6.04 Å². The molecule has 2 atom stereocenters. The zero-order valence-electron chi connectivity index (χ0n) is 17.5. The summed E-state index contributed by atoms with van der Waals surface area (Å²) < 4.78 is 29.0. The van der Waals surface area contributed by atoms with Crippen molar-refractivity contribution in [2.24, 2.45) is 5.92 Å². The van der Waals surface area contributed by atoms with Gasteiger partial charge in [0.15, 0.2) is 0 Å². The molecule has 1 aliphatic heterocycles. The molecule has 1 aliphatic carbocycles. The Hall–Kier alpha value is -2.22. The summed E-state index contributed by atoms with van der Waals surface area (Å²) in [5.74, 6) is 0.200. The smallest absolute Gasteiger partial charge is 0.241 e. The number of carbonyl (C=O) groups excluding carboxylic acids is 1. The molecule has 0 unspecified atom stereocenters. The van der Waals surface area contributed by atoms with Gasteiger partial charge < -0.3 is 9.80 Å². The first kappa shape index (κ1) is 21.0. The SMILES string of the molecule is CC(C)C(=O)N1CC[NH+]([C@@H]2c3ccccc3C[C@@H]2NS(=O)(=O)c2ccccc2)CC1. The van der Waals surface area contributed by atoms with E-state index >= 15 is 0 Å². The van der Waals surface area contributed by atoms with E-state index < -0.39 is 10.0 Å². The molecule has 2 aromatic rings. The minimum atomic E-state index is -3.60. The summed E-state index contributed by atoms with van der Waals surface area (Å²) in [6.07, 6.45) is 0.686. The van der Waals surface area contributed by atoms with Crippen LogP contribution in [0.4, 0.5) is 0 Å². The number of benzene rings is 2. The van der Waals surface area contributed by atoms with Crippen LogP contribution < -0.4 is 9.62 Å². The number of hydrogen-bond acceptors (Lipinski definition) is 3. The van der Waals surface area contributed by atoms with E-state index in [2.05, 4.69) is 16.9 Å². The fraction of sp³-hybridized carbons (Fsp3) is 0.435. The van der Waals surface area contributed by atoms with Gasteiger partial charge in [0.2, 0.25) is 15.9 Å². The summed E-state index contributed by atoms with van der Waals surface area (Å²) in [6.45, 7) is 6.93. The number of piperazine rings is 1. The summed E-state index contributed by atoms with van der Waals surface area (Å²) in [5, 5.41) is 0. The Morgan fingerprint density at radius 3 is 2.33 bits per heavy atom. The lowest BCUT2D eigenvalue weighted by molar-refractivity contribution is -0.936. The van der Waals surface area contributed by atoms with Gasteiger partial charge in [0, 0.05) is 11.5 Å². The zero-order valence-corrected chi connectivity index (χ0v) is 18.4. The highest BCUT2D eigenvalue weighted by molar-refractivity contribution is 7.89. The number of quaternary nitrogens is 1. The Balaban J connectivity index is 1.56. The number of nitrogens with one attached hydrogen (secondary N) is 2. The fourth-order valence-corrected chi connectivity index (χ4v) is 6.04. The Morgan fingerprint density at radius 2 is 1.67 bits per heavy atom. The van der Waals surface area contributed by atoms with Crippen LogP contribution in [0, 0.1) is 5.92 Å². The number of nitrogens with zero attached hydrogens (tertiary/aromatic N) is 1. The van der Waals surface area contributed by atoms with E-state index in [-0.39, 0.29) is 23.9 Å². The van der Waals surface area contributed by atoms with Crippen LogP contribution in [0.3, 0.4) is 0 Å². The lowest BCUT2D eigenvalue weighted by Gasteiger charge is -2.38. The lowest BCUT2D eigenvalue weighted by atomic mass is 10.0. The normalized spacial score (nSPS) is 22.3. The van der Waals surface area contributed by atoms with Crippen molar-refractivity contribution in [3.8, 4) is 0 Å². The Morgan fingerprint density at radius 1 is 1.03 bits per heavy atom. The molecule has 1 fully saturated rings. The highest BCUT2D eigenvalue weighted by Gasteiger charge is 2.43. The molecule has 30 heavy (non-hydrogen) atoms. The maximum absolute atomic E-state index is 13.0. The van der Waals surface area contributed by atoms with E-state index in [1.807, 2.05) is 36.9 Å². The largest absolute Gasteiger partial charge is 0.331 e. The third-order valence-corrected chi connectivity index (χ3v) is 7.75. The minimum absolute atomic E-state index is 0.00388. The van der Waals surface area contributed by atoms with Crippen LogP contribution >= 0.6 is 0 Å². The molecule has 2 aromatic carbocycles. The molecule has 4 rings (SSSR count). The molecule has 1 saturated heterocycles. The topological polar surface area (TPSA) is 70.9 Å². The first-order valence-corrected chi connectivity index (χ1v) is 12.1. The second-order valence-electron chi connectivity index (χ2n) is 8.56. The maximum atomic E-state index is 13.0. The van der Waals surface area contributed by atoms with Gasteiger partial charge in [0.05, 0.1) is 37.1 Å². The minimum Gasteiger partial charge on any atom is -0.331 e. The molecule has 6 nitrogen and oxygen atoms in total. The van der Waals surface area contributed by atoms with Crippen molar-refractivity contribution in [2.75, 3.05) is 26.2 Å². The molecule has 0 saturated carbocycles. The van der Waals surface area contributed by atoms with Crippen LogP contribution in [0.2, 0.25) is 0 Å². The number of rotatable bonds is 5. The number of sulfonamides is 1. The summed E-state index contributed by atoms with van der Waals surface area (Å²) >= 11 is 0. The molecule has 7 heteroatoms. The molecule has 0 radical (unpaired) electrons. The van der Waals surface area contributed by atoms with Gasteiger partial charge in [-0.2, -0.15) is 0 Å². The maximum Gasteiger partial charge on any atom is 0.241 e. The predicted molar refractivity (Wildman–Crippen MR) is 116 cm³/mol. The average molecular weight is 429 g/mol. The van der Waals surface area contributed by atoms with Crippen LogP contribution in [0.25, 0.3) is 0 Å². The van der Waals surface area contributed by atoms with Crippen molar-refractivity contribution in [2.45, 2.75) is 37.2 Å². The Labute approximate surface area is 178 Å². The molecule has 2 N–H and O–H groups in total. The molecular formula is C23H30N3O3S+. The molecular weight excluding hydrogens is 398 g/mol. The second kappa shape index (κ2) is 8.49. The summed E-state index contributed by atoms with van der Waals surface area (Å²) in [7, 11) is -3.60. The standard InChI is InChI=1S/C23H29N3O3S/c1-17(2)23(27)26-14-12-25(13-15-26)22-20-11-7-6-8-18(20)16-21(22)24-30(28,29)19-9-4-3-5-10-19/h3-11,17,21-22,24H,12-16H2,1-2H3/p+1/t21-,22+/m0/s1. The summed E-state index contributed by atoms with van der Waals surface area (Å²) in [4.78, 5) is 15.9. The lowest BCUT2D eigenvalue weighted by Crippen LogP contribution is -3.16. The summed E-state index contributed by atoms with van der Waals surface area (Å²) in [5.41, 5.74) is 2.42. The quantitative estimate of drug-likeness (QED) is 0.747. The third-order valence-electron chi connectivity index (χ3n) is 6.24. The van der Waals surface area contributed by atoms with Crippen LogP contribution in [-0.4, -0.2) is 51.4 Å². The highest BCUT2D eigenvalue weighted by Crippen LogP contribution is 2.30. The van der Waals surface area contributed by atoms with Crippen LogP contribution in [0.1, 0.15) is 31.0 Å². The van der Waals surface area contributed by atoms with Crippen molar-refractivity contribution in [3.05, 3.63) is 65.7 Å². The van der Waals surface area contributed by atoms with Crippen LogP contribution in [0.5, 0.6) is 0 Å². The van der Waals surface area contributed by atoms with Gasteiger partial charge >= 0.3 is 0 Å². The highest BCUT2D eigenvalue weighted by atomic mass is 32.2. The van der Waals surface area contributed by atoms with Crippen LogP contribution in [-0.2, 0) is 21.2 Å². The van der Waals surface area contributed by atoms with E-state index in [1.54, 1.807) is 24.3 Å². The van der Waals surface area contributed by atoms with Crippen molar-refractivity contribution in [3.63, 3.8) is 0 Å². The fourth-order valence-electron chi connectivity index (χ4n) is 4.77. The molecule has 2 aliphatic rings. The third kappa shape index (κ3) is 4.15. The molecule has 0 aromatic heterocycles. The van der Waals surface area contributed by atoms with Crippen molar-refractivity contribution in [1.82, 2.24) is 9.62 Å². The summed E-state index contributed by atoms with van der Waals surface area (Å²) in [6, 6.07) is 16.7. The Bertz CT molecular complexity index is 999. The average Bonchev–Trinajstić information content (AvgIpc) is 3.11. The predicted octanol–water partition coefficient (Wildman–Crippen LogP) is 1.01. The van der Waals surface area contributed by atoms with E-state index in [0.29, 0.717) is 24.4 Å². The number of carbonyl (C=O) groups is 1. The zero-order chi connectivity index (χ0) is 21.3. The Kier molecular flexibility index (Phi) is 5.95. The number of hydrogen-bond donors (Lipinski definition) is 2. The van der Waals surface area contributed by atoms with Gasteiger partial charge in [-0.05, 0) is 24.1 Å². The first-order chi connectivity index (χ1) is 14.4. The first-order valence-electron chi connectivity index (χ1n) is 10.7. The van der Waals surface area contributed by atoms with Crippen LogP contribution in [0.15, 0.2) is 59.5 Å². The van der Waals surface area contributed by atoms with Gasteiger partial charge in [-0.15, -0.1) is 0 Å². The van der Waals surface area contributed by atoms with E-state index in [0.717, 1.165) is 13.1 Å². The second-order valence-corrected chi connectivity index (χ2v) is 10.3. The molecule has 1 amide bonds. The van der Waals surface area contributed by atoms with Crippen molar-refractivity contribution >= 4 is 15.9 Å². The van der Waals surface area contributed by atoms with Gasteiger partial charge in [-0.1, -0.05) is 56.3 Å². The van der Waals surface area contributed by atoms with E-state index in [1.165, 1.54) is 16.0 Å².